The van der Waals surface area contributed by atoms with Crippen LogP contribution in [0.3, 0.4) is 0 Å². The smallest absolute Gasteiger partial charge is 0.261 e. The number of carbonyl (C=O) groups excluding carboxylic acids is 2. The molecule has 180 valence electrons. The number of phenolic OH excluding ortho intramolecular Hbond substituents is 1. The molecule has 5 rings (SSSR count). The van der Waals surface area contributed by atoms with E-state index in [-0.39, 0.29) is 22.9 Å². The molecule has 3 N–H and O–H groups in total. The van der Waals surface area contributed by atoms with E-state index in [1.165, 1.54) is 48.9 Å². The van der Waals surface area contributed by atoms with Gasteiger partial charge in [-0.05, 0) is 44.0 Å². The molecule has 2 aromatic heterocycles. The predicted molar refractivity (Wildman–Crippen MR) is 128 cm³/mol. The lowest BCUT2D eigenvalue weighted by Gasteiger charge is -2.22. The SMILES string of the molecule is C1CCCC1.CC(C)(O)CCN1Cc2cc(NC(=O)c3cnn4cccnc34)c(O)cc2C1=O. The molecule has 0 saturated heterocycles. The lowest BCUT2D eigenvalue weighted by atomic mass is 10.1. The highest BCUT2D eigenvalue weighted by molar-refractivity contribution is 6.09. The summed E-state index contributed by atoms with van der Waals surface area (Å²) in [7, 11) is 0. The number of amides is 2. The lowest BCUT2D eigenvalue weighted by molar-refractivity contribution is 0.0517. The summed E-state index contributed by atoms with van der Waals surface area (Å²) in [6.45, 7) is 4.13. The Morgan fingerprint density at radius 1 is 1.18 bits per heavy atom. The minimum atomic E-state index is -0.876. The standard InChI is InChI=1S/C20H21N5O4.C5H10/c1-20(2,29)4-7-24-11-12-8-15(16(26)9-13(12)19(24)28)23-18(27)14-10-22-25-6-3-5-21-17(14)25;1-2-4-5-3-1/h3,5-6,8-10,26,29H,4,7,11H2,1-2H3,(H,23,27);1-5H2. The molecule has 1 fully saturated rings. The lowest BCUT2D eigenvalue weighted by Crippen LogP contribution is -2.31. The fourth-order valence-corrected chi connectivity index (χ4v) is 4.16. The molecule has 9 heteroatoms. The number of rotatable bonds is 5. The van der Waals surface area contributed by atoms with Gasteiger partial charge in [0.15, 0.2) is 5.65 Å². The molecule has 3 heterocycles. The maximum Gasteiger partial charge on any atom is 0.261 e. The third-order valence-corrected chi connectivity index (χ3v) is 6.12. The first-order chi connectivity index (χ1) is 16.2. The number of fused-ring (bicyclic) bond motifs is 2. The average molecular weight is 466 g/mol. The van der Waals surface area contributed by atoms with Crippen molar-refractivity contribution in [2.75, 3.05) is 11.9 Å². The van der Waals surface area contributed by atoms with Gasteiger partial charge in [0.05, 0.1) is 17.5 Å². The van der Waals surface area contributed by atoms with E-state index in [2.05, 4.69) is 15.4 Å². The summed E-state index contributed by atoms with van der Waals surface area (Å²) in [4.78, 5) is 31.0. The molecule has 1 aromatic carbocycles. The summed E-state index contributed by atoms with van der Waals surface area (Å²) in [6.07, 6.45) is 12.6. The number of nitrogens with one attached hydrogen (secondary N) is 1. The van der Waals surface area contributed by atoms with Crippen LogP contribution in [0.25, 0.3) is 5.65 Å². The highest BCUT2D eigenvalue weighted by Crippen LogP contribution is 2.33. The third kappa shape index (κ3) is 5.36. The fraction of sp³-hybridized carbons (Fsp3) is 0.440. The predicted octanol–water partition coefficient (Wildman–Crippen LogP) is 3.75. The highest BCUT2D eigenvalue weighted by atomic mass is 16.3. The van der Waals surface area contributed by atoms with Crippen molar-refractivity contribution in [3.05, 3.63) is 53.5 Å². The Labute approximate surface area is 198 Å². The zero-order valence-electron chi connectivity index (χ0n) is 19.6. The number of aromatic nitrogens is 3. The Bertz CT molecular complexity index is 1190. The maximum absolute atomic E-state index is 12.7. The van der Waals surface area contributed by atoms with Crippen molar-refractivity contribution >= 4 is 23.1 Å². The molecule has 0 spiro atoms. The van der Waals surface area contributed by atoms with Crippen LogP contribution in [0.5, 0.6) is 5.75 Å². The molecular weight excluding hydrogens is 434 g/mol. The monoisotopic (exact) mass is 465 g/mol. The summed E-state index contributed by atoms with van der Waals surface area (Å²) < 4.78 is 1.48. The summed E-state index contributed by atoms with van der Waals surface area (Å²) >= 11 is 0. The van der Waals surface area contributed by atoms with Gasteiger partial charge >= 0.3 is 0 Å². The van der Waals surface area contributed by atoms with Crippen molar-refractivity contribution in [1.82, 2.24) is 19.5 Å². The van der Waals surface area contributed by atoms with E-state index in [1.807, 2.05) is 0 Å². The summed E-state index contributed by atoms with van der Waals surface area (Å²) in [5.74, 6) is -0.861. The fourth-order valence-electron chi connectivity index (χ4n) is 4.16. The van der Waals surface area contributed by atoms with Gasteiger partial charge in [-0.2, -0.15) is 5.10 Å². The van der Waals surface area contributed by atoms with Crippen LogP contribution >= 0.6 is 0 Å². The van der Waals surface area contributed by atoms with Crippen LogP contribution in [0.1, 0.15) is 78.7 Å². The summed E-state index contributed by atoms with van der Waals surface area (Å²) in [6, 6.07) is 4.67. The van der Waals surface area contributed by atoms with E-state index >= 15 is 0 Å². The molecule has 2 amide bonds. The number of aliphatic hydroxyl groups is 1. The number of nitrogens with zero attached hydrogens (tertiary/aromatic N) is 4. The Balaban J connectivity index is 0.000000486. The summed E-state index contributed by atoms with van der Waals surface area (Å²) in [5, 5.41) is 27.0. The number of phenols is 1. The normalized spacial score (nSPS) is 15.3. The molecule has 0 radical (unpaired) electrons. The van der Waals surface area contributed by atoms with Crippen LogP contribution in [0.15, 0.2) is 36.8 Å². The van der Waals surface area contributed by atoms with Gasteiger partial charge in [-0.15, -0.1) is 0 Å². The second-order valence-corrected chi connectivity index (χ2v) is 9.48. The van der Waals surface area contributed by atoms with E-state index < -0.39 is 11.5 Å². The van der Waals surface area contributed by atoms with Crippen molar-refractivity contribution in [1.29, 1.82) is 0 Å². The Hall–Kier alpha value is -3.46. The Morgan fingerprint density at radius 2 is 1.88 bits per heavy atom. The number of carbonyl (C=O) groups is 2. The van der Waals surface area contributed by atoms with Gasteiger partial charge in [0, 0.05) is 31.0 Å². The number of aromatic hydroxyl groups is 1. The van der Waals surface area contributed by atoms with Crippen molar-refractivity contribution in [2.45, 2.75) is 64.5 Å². The molecule has 3 aromatic rings. The van der Waals surface area contributed by atoms with Gasteiger partial charge < -0.3 is 20.4 Å². The van der Waals surface area contributed by atoms with Crippen LogP contribution in [0.2, 0.25) is 0 Å². The molecule has 1 aliphatic carbocycles. The van der Waals surface area contributed by atoms with E-state index in [1.54, 1.807) is 43.3 Å². The van der Waals surface area contributed by atoms with Gasteiger partial charge in [0.1, 0.15) is 11.3 Å². The van der Waals surface area contributed by atoms with Gasteiger partial charge in [-0.1, -0.05) is 32.1 Å². The highest BCUT2D eigenvalue weighted by Gasteiger charge is 2.30. The molecule has 2 aliphatic rings. The molecule has 0 atom stereocenters. The second-order valence-electron chi connectivity index (χ2n) is 9.48. The summed E-state index contributed by atoms with van der Waals surface area (Å²) in [5.41, 5.74) is 1.11. The molecule has 0 unspecified atom stereocenters. The van der Waals surface area contributed by atoms with E-state index in [4.69, 9.17) is 0 Å². The van der Waals surface area contributed by atoms with Gasteiger partial charge in [0.2, 0.25) is 0 Å². The largest absolute Gasteiger partial charge is 0.506 e. The maximum atomic E-state index is 12.7. The number of benzene rings is 1. The van der Waals surface area contributed by atoms with Gasteiger partial charge in [0.25, 0.3) is 11.8 Å². The molecule has 0 bridgehead atoms. The first kappa shape index (κ1) is 23.7. The van der Waals surface area contributed by atoms with Crippen LogP contribution in [0, 0.1) is 0 Å². The van der Waals surface area contributed by atoms with Gasteiger partial charge in [-0.3, -0.25) is 9.59 Å². The van der Waals surface area contributed by atoms with Crippen molar-refractivity contribution in [3.8, 4) is 5.75 Å². The van der Waals surface area contributed by atoms with Crippen molar-refractivity contribution in [2.24, 2.45) is 0 Å². The zero-order valence-corrected chi connectivity index (χ0v) is 19.6. The minimum absolute atomic E-state index is 0.195. The van der Waals surface area contributed by atoms with Crippen LogP contribution in [-0.2, 0) is 6.54 Å². The molecule has 34 heavy (non-hydrogen) atoms. The zero-order chi connectivity index (χ0) is 24.3. The average Bonchev–Trinajstić information content (AvgIpc) is 3.54. The van der Waals surface area contributed by atoms with Crippen LogP contribution in [0.4, 0.5) is 5.69 Å². The van der Waals surface area contributed by atoms with E-state index in [9.17, 15) is 19.8 Å². The van der Waals surface area contributed by atoms with E-state index in [0.717, 1.165) is 0 Å². The van der Waals surface area contributed by atoms with Gasteiger partial charge in [-0.25, -0.2) is 9.50 Å². The van der Waals surface area contributed by atoms with Crippen molar-refractivity contribution < 1.29 is 19.8 Å². The van der Waals surface area contributed by atoms with Crippen LogP contribution in [-0.4, -0.2) is 53.7 Å². The Kier molecular flexibility index (Phi) is 6.83. The molecule has 1 aliphatic heterocycles. The first-order valence-corrected chi connectivity index (χ1v) is 11.7. The van der Waals surface area contributed by atoms with E-state index in [0.29, 0.717) is 36.3 Å². The topological polar surface area (TPSA) is 120 Å². The van der Waals surface area contributed by atoms with Crippen molar-refractivity contribution in [3.63, 3.8) is 0 Å². The first-order valence-electron chi connectivity index (χ1n) is 11.7. The Morgan fingerprint density at radius 3 is 2.56 bits per heavy atom. The molecular formula is C25H31N5O4. The number of hydrogen-bond acceptors (Lipinski definition) is 6. The number of hydrogen-bond donors (Lipinski definition) is 3. The third-order valence-electron chi connectivity index (χ3n) is 6.12. The molecule has 9 nitrogen and oxygen atoms in total. The number of anilines is 1. The van der Waals surface area contributed by atoms with Crippen LogP contribution < -0.4 is 5.32 Å². The minimum Gasteiger partial charge on any atom is -0.506 e. The quantitative estimate of drug-likeness (QED) is 0.494. The second kappa shape index (κ2) is 9.80. The molecule has 1 saturated carbocycles.